The summed E-state index contributed by atoms with van der Waals surface area (Å²) in [6.45, 7) is 0. The zero-order chi connectivity index (χ0) is 9.52. The Bertz CT molecular complexity index is 226. The molecule has 0 aromatic heterocycles. The number of allylic oxidation sites excluding steroid dienone is 4. The molecule has 13 heavy (non-hydrogen) atoms. The van der Waals surface area contributed by atoms with Gasteiger partial charge in [-0.25, -0.2) is 0 Å². The monoisotopic (exact) mass is 180 g/mol. The van der Waals surface area contributed by atoms with E-state index in [4.69, 9.17) is 5.11 Å². The number of unbranched alkanes of at least 4 members (excludes halogenated alkanes) is 2. The Labute approximate surface area is 79.0 Å². The van der Waals surface area contributed by atoms with Crippen LogP contribution in [0.5, 0.6) is 0 Å². The standard InChI is InChI=1S/C11H16O2/c12-11(13)9-3-1-2-6-10-7-4-5-8-10/h4-5,7H,1-3,6,8-9H2,(H,12,13). The van der Waals surface area contributed by atoms with Gasteiger partial charge in [0.25, 0.3) is 0 Å². The summed E-state index contributed by atoms with van der Waals surface area (Å²) >= 11 is 0. The summed E-state index contributed by atoms with van der Waals surface area (Å²) in [6.07, 6.45) is 11.9. The molecular weight excluding hydrogens is 164 g/mol. The highest BCUT2D eigenvalue weighted by molar-refractivity contribution is 5.66. The van der Waals surface area contributed by atoms with Gasteiger partial charge in [0.2, 0.25) is 0 Å². The van der Waals surface area contributed by atoms with Crippen LogP contribution >= 0.6 is 0 Å². The van der Waals surface area contributed by atoms with Gasteiger partial charge in [-0.15, -0.1) is 0 Å². The molecule has 0 saturated heterocycles. The average Bonchev–Trinajstić information content (AvgIpc) is 2.55. The number of carboxylic acid groups (broad SMARTS) is 1. The molecule has 0 radical (unpaired) electrons. The van der Waals surface area contributed by atoms with Crippen molar-refractivity contribution in [1.82, 2.24) is 0 Å². The lowest BCUT2D eigenvalue weighted by atomic mass is 10.1. The highest BCUT2D eigenvalue weighted by Gasteiger charge is 2.00. The number of rotatable bonds is 6. The van der Waals surface area contributed by atoms with E-state index >= 15 is 0 Å². The molecule has 0 heterocycles. The molecule has 0 fully saturated rings. The van der Waals surface area contributed by atoms with E-state index in [-0.39, 0.29) is 0 Å². The highest BCUT2D eigenvalue weighted by Crippen LogP contribution is 2.17. The van der Waals surface area contributed by atoms with Gasteiger partial charge in [-0.3, -0.25) is 4.79 Å². The molecule has 72 valence electrons. The van der Waals surface area contributed by atoms with Gasteiger partial charge in [-0.1, -0.05) is 30.2 Å². The Balaban J connectivity index is 1.92. The minimum atomic E-state index is -0.679. The molecule has 0 bridgehead atoms. The van der Waals surface area contributed by atoms with Crippen molar-refractivity contribution in [1.29, 1.82) is 0 Å². The van der Waals surface area contributed by atoms with E-state index in [1.165, 1.54) is 5.57 Å². The van der Waals surface area contributed by atoms with Gasteiger partial charge in [0, 0.05) is 6.42 Å². The van der Waals surface area contributed by atoms with Crippen molar-refractivity contribution in [2.24, 2.45) is 0 Å². The first-order valence-electron chi connectivity index (χ1n) is 4.85. The summed E-state index contributed by atoms with van der Waals surface area (Å²) in [5.74, 6) is -0.679. The minimum Gasteiger partial charge on any atom is -0.481 e. The first kappa shape index (κ1) is 10.0. The van der Waals surface area contributed by atoms with Crippen LogP contribution in [0, 0.1) is 0 Å². The Morgan fingerprint density at radius 1 is 1.38 bits per heavy atom. The number of carbonyl (C=O) groups is 1. The molecule has 2 nitrogen and oxygen atoms in total. The second-order valence-corrected chi connectivity index (χ2v) is 3.41. The molecular formula is C11H16O2. The predicted molar refractivity (Wildman–Crippen MR) is 52.6 cm³/mol. The summed E-state index contributed by atoms with van der Waals surface area (Å²) in [5, 5.41) is 8.40. The van der Waals surface area contributed by atoms with E-state index in [1.807, 2.05) is 0 Å². The maximum absolute atomic E-state index is 10.2. The molecule has 1 rings (SSSR count). The normalized spacial score (nSPS) is 14.6. The lowest BCUT2D eigenvalue weighted by Crippen LogP contribution is -1.93. The van der Waals surface area contributed by atoms with Crippen LogP contribution in [0.3, 0.4) is 0 Å². The molecule has 0 unspecified atom stereocenters. The number of aliphatic carboxylic acids is 1. The predicted octanol–water partition coefficient (Wildman–Crippen LogP) is 2.91. The van der Waals surface area contributed by atoms with Crippen molar-refractivity contribution in [2.45, 2.75) is 38.5 Å². The highest BCUT2D eigenvalue weighted by atomic mass is 16.4. The van der Waals surface area contributed by atoms with E-state index in [0.29, 0.717) is 6.42 Å². The Morgan fingerprint density at radius 3 is 2.85 bits per heavy atom. The zero-order valence-corrected chi connectivity index (χ0v) is 7.83. The third-order valence-electron chi connectivity index (χ3n) is 2.24. The van der Waals surface area contributed by atoms with Gasteiger partial charge in [0.1, 0.15) is 0 Å². The van der Waals surface area contributed by atoms with Crippen LogP contribution in [0.2, 0.25) is 0 Å². The van der Waals surface area contributed by atoms with Crippen molar-refractivity contribution in [3.63, 3.8) is 0 Å². The smallest absolute Gasteiger partial charge is 0.303 e. The van der Waals surface area contributed by atoms with Gasteiger partial charge in [-0.05, 0) is 25.7 Å². The van der Waals surface area contributed by atoms with Gasteiger partial charge in [0.05, 0.1) is 0 Å². The van der Waals surface area contributed by atoms with Crippen LogP contribution in [0.1, 0.15) is 38.5 Å². The molecule has 0 aromatic carbocycles. The zero-order valence-electron chi connectivity index (χ0n) is 7.83. The van der Waals surface area contributed by atoms with Gasteiger partial charge in [-0.2, -0.15) is 0 Å². The maximum Gasteiger partial charge on any atom is 0.303 e. The third kappa shape index (κ3) is 4.51. The Kier molecular flexibility index (Phi) is 4.30. The lowest BCUT2D eigenvalue weighted by molar-refractivity contribution is -0.137. The van der Waals surface area contributed by atoms with Crippen LogP contribution in [-0.2, 0) is 4.79 Å². The van der Waals surface area contributed by atoms with Gasteiger partial charge >= 0.3 is 5.97 Å². The van der Waals surface area contributed by atoms with E-state index in [2.05, 4.69) is 18.2 Å². The van der Waals surface area contributed by atoms with Crippen LogP contribution in [0.25, 0.3) is 0 Å². The number of carboxylic acids is 1. The summed E-state index contributed by atoms with van der Waals surface area (Å²) in [5.41, 5.74) is 1.48. The minimum absolute atomic E-state index is 0.317. The van der Waals surface area contributed by atoms with Crippen LogP contribution < -0.4 is 0 Å². The molecule has 1 aliphatic carbocycles. The fraction of sp³-hybridized carbons (Fsp3) is 0.545. The average molecular weight is 180 g/mol. The SMILES string of the molecule is O=C(O)CCCCCC1=CC=CC1. The second kappa shape index (κ2) is 5.57. The van der Waals surface area contributed by atoms with Crippen molar-refractivity contribution >= 4 is 5.97 Å². The molecule has 2 heteroatoms. The molecule has 0 aliphatic heterocycles. The Morgan fingerprint density at radius 2 is 2.23 bits per heavy atom. The molecule has 1 aliphatic rings. The van der Waals surface area contributed by atoms with E-state index < -0.39 is 5.97 Å². The fourth-order valence-corrected chi connectivity index (χ4v) is 1.48. The van der Waals surface area contributed by atoms with Crippen LogP contribution in [0.4, 0.5) is 0 Å². The van der Waals surface area contributed by atoms with Crippen molar-refractivity contribution < 1.29 is 9.90 Å². The van der Waals surface area contributed by atoms with Crippen molar-refractivity contribution in [3.05, 3.63) is 23.8 Å². The number of hydrogen-bond donors (Lipinski definition) is 1. The van der Waals surface area contributed by atoms with Crippen molar-refractivity contribution in [2.75, 3.05) is 0 Å². The first-order valence-corrected chi connectivity index (χ1v) is 4.85. The fourth-order valence-electron chi connectivity index (χ4n) is 1.48. The molecule has 0 spiro atoms. The quantitative estimate of drug-likeness (QED) is 0.638. The van der Waals surface area contributed by atoms with Gasteiger partial charge < -0.3 is 5.11 Å². The maximum atomic E-state index is 10.2. The second-order valence-electron chi connectivity index (χ2n) is 3.41. The molecule has 0 saturated carbocycles. The summed E-state index contributed by atoms with van der Waals surface area (Å²) in [6, 6.07) is 0. The molecule has 0 aromatic rings. The Hall–Kier alpha value is -1.05. The van der Waals surface area contributed by atoms with E-state index in [1.54, 1.807) is 0 Å². The summed E-state index contributed by atoms with van der Waals surface area (Å²) in [4.78, 5) is 10.2. The lowest BCUT2D eigenvalue weighted by Gasteiger charge is -2.00. The summed E-state index contributed by atoms with van der Waals surface area (Å²) < 4.78 is 0. The van der Waals surface area contributed by atoms with Crippen LogP contribution in [-0.4, -0.2) is 11.1 Å². The largest absolute Gasteiger partial charge is 0.481 e. The topological polar surface area (TPSA) is 37.3 Å². The van der Waals surface area contributed by atoms with E-state index in [0.717, 1.165) is 32.1 Å². The van der Waals surface area contributed by atoms with Crippen molar-refractivity contribution in [3.8, 4) is 0 Å². The molecule has 0 atom stereocenters. The molecule has 1 N–H and O–H groups in total. The van der Waals surface area contributed by atoms with Gasteiger partial charge in [0.15, 0.2) is 0 Å². The summed E-state index contributed by atoms with van der Waals surface area (Å²) in [7, 11) is 0. The molecule has 0 amide bonds. The number of hydrogen-bond acceptors (Lipinski definition) is 1. The van der Waals surface area contributed by atoms with Crippen LogP contribution in [0.15, 0.2) is 23.8 Å². The first-order chi connectivity index (χ1) is 6.29. The third-order valence-corrected chi connectivity index (χ3v) is 2.24. The van der Waals surface area contributed by atoms with E-state index in [9.17, 15) is 4.79 Å².